The fourth-order valence-corrected chi connectivity index (χ4v) is 3.10. The molecular formula is C18H17FN2. The Kier molecular flexibility index (Phi) is 3.39. The number of para-hydroxylation sites is 1. The maximum absolute atomic E-state index is 13.9. The summed E-state index contributed by atoms with van der Waals surface area (Å²) in [4.78, 5) is 0. The lowest BCUT2D eigenvalue weighted by atomic mass is 9.73. The zero-order chi connectivity index (χ0) is 14.9. The number of hydrogen-bond acceptors (Lipinski definition) is 2. The van der Waals surface area contributed by atoms with Crippen LogP contribution in [0.25, 0.3) is 0 Å². The smallest absolute Gasteiger partial charge is 0.151 e. The number of rotatable bonds is 2. The first-order valence-corrected chi connectivity index (χ1v) is 7.20. The third-order valence-corrected chi connectivity index (χ3v) is 4.32. The third-order valence-electron chi connectivity index (χ3n) is 4.32. The predicted molar refractivity (Wildman–Crippen MR) is 81.4 cm³/mol. The van der Waals surface area contributed by atoms with E-state index in [2.05, 4.69) is 24.4 Å². The lowest BCUT2D eigenvalue weighted by Crippen LogP contribution is -2.38. The SMILES string of the molecule is CC1CCC(C#N)(Nc2ccccc2F)c2ccccc21. The summed E-state index contributed by atoms with van der Waals surface area (Å²) in [7, 11) is 0. The van der Waals surface area contributed by atoms with Crippen molar-refractivity contribution in [1.82, 2.24) is 0 Å². The van der Waals surface area contributed by atoms with Crippen LogP contribution in [0.3, 0.4) is 0 Å². The van der Waals surface area contributed by atoms with Crippen molar-refractivity contribution in [3.63, 3.8) is 0 Å². The van der Waals surface area contributed by atoms with Crippen molar-refractivity contribution >= 4 is 5.69 Å². The Morgan fingerprint density at radius 1 is 1.19 bits per heavy atom. The summed E-state index contributed by atoms with van der Waals surface area (Å²) in [5.41, 5.74) is 1.66. The summed E-state index contributed by atoms with van der Waals surface area (Å²) in [5.74, 6) is 0.0910. The van der Waals surface area contributed by atoms with E-state index < -0.39 is 5.54 Å². The molecule has 1 aliphatic carbocycles. The van der Waals surface area contributed by atoms with E-state index in [-0.39, 0.29) is 5.82 Å². The van der Waals surface area contributed by atoms with Gasteiger partial charge in [0.15, 0.2) is 5.54 Å². The van der Waals surface area contributed by atoms with E-state index >= 15 is 0 Å². The summed E-state index contributed by atoms with van der Waals surface area (Å²) >= 11 is 0. The maximum Gasteiger partial charge on any atom is 0.151 e. The minimum atomic E-state index is -0.856. The van der Waals surface area contributed by atoms with Crippen molar-refractivity contribution in [3.8, 4) is 6.07 Å². The number of nitrogens with one attached hydrogen (secondary N) is 1. The van der Waals surface area contributed by atoms with Crippen LogP contribution < -0.4 is 5.32 Å². The van der Waals surface area contributed by atoms with Crippen LogP contribution in [0.1, 0.15) is 36.8 Å². The second kappa shape index (κ2) is 5.21. The summed E-state index contributed by atoms with van der Waals surface area (Å²) < 4.78 is 13.9. The van der Waals surface area contributed by atoms with Crippen LogP contribution in [-0.2, 0) is 5.54 Å². The molecule has 3 heteroatoms. The van der Waals surface area contributed by atoms with Gasteiger partial charge in [-0.3, -0.25) is 0 Å². The highest BCUT2D eigenvalue weighted by atomic mass is 19.1. The average molecular weight is 280 g/mol. The Balaban J connectivity index is 2.08. The van der Waals surface area contributed by atoms with Gasteiger partial charge in [-0.15, -0.1) is 0 Å². The molecule has 3 rings (SSSR count). The van der Waals surface area contributed by atoms with Gasteiger partial charge in [0.2, 0.25) is 0 Å². The first kappa shape index (κ1) is 13.6. The van der Waals surface area contributed by atoms with Crippen LogP contribution >= 0.6 is 0 Å². The van der Waals surface area contributed by atoms with Gasteiger partial charge in [-0.25, -0.2) is 4.39 Å². The first-order valence-electron chi connectivity index (χ1n) is 7.20. The minimum Gasteiger partial charge on any atom is -0.361 e. The Bertz CT molecular complexity index is 704. The van der Waals surface area contributed by atoms with Crippen LogP contribution in [0.15, 0.2) is 48.5 Å². The van der Waals surface area contributed by atoms with Crippen molar-refractivity contribution in [1.29, 1.82) is 5.26 Å². The van der Waals surface area contributed by atoms with Gasteiger partial charge in [0.05, 0.1) is 11.8 Å². The molecule has 0 aliphatic heterocycles. The van der Waals surface area contributed by atoms with E-state index in [4.69, 9.17) is 0 Å². The molecule has 0 heterocycles. The monoisotopic (exact) mass is 280 g/mol. The van der Waals surface area contributed by atoms with E-state index in [0.29, 0.717) is 18.0 Å². The predicted octanol–water partition coefficient (Wildman–Crippen LogP) is 4.55. The molecule has 21 heavy (non-hydrogen) atoms. The number of fused-ring (bicyclic) bond motifs is 1. The molecule has 2 atom stereocenters. The van der Waals surface area contributed by atoms with Gasteiger partial charge >= 0.3 is 0 Å². The molecule has 1 aliphatic rings. The summed E-state index contributed by atoms with van der Waals surface area (Å²) in [5, 5.41) is 12.9. The largest absolute Gasteiger partial charge is 0.361 e. The third kappa shape index (κ3) is 2.27. The van der Waals surface area contributed by atoms with Gasteiger partial charge in [0, 0.05) is 0 Å². The Hall–Kier alpha value is -2.34. The molecule has 0 fully saturated rings. The summed E-state index contributed by atoms with van der Waals surface area (Å²) in [6.07, 6.45) is 1.59. The number of nitrogens with zero attached hydrogens (tertiary/aromatic N) is 1. The van der Waals surface area contributed by atoms with E-state index in [1.807, 2.05) is 18.2 Å². The molecule has 0 radical (unpaired) electrons. The highest BCUT2D eigenvalue weighted by Gasteiger charge is 2.39. The fraction of sp³-hybridized carbons (Fsp3) is 0.278. The molecular weight excluding hydrogens is 263 g/mol. The van der Waals surface area contributed by atoms with Crippen molar-refractivity contribution in [2.24, 2.45) is 0 Å². The van der Waals surface area contributed by atoms with E-state index in [1.54, 1.807) is 18.2 Å². The Labute approximate surface area is 124 Å². The van der Waals surface area contributed by atoms with Gasteiger partial charge in [-0.2, -0.15) is 5.26 Å². The first-order chi connectivity index (χ1) is 10.2. The highest BCUT2D eigenvalue weighted by molar-refractivity contribution is 5.55. The molecule has 1 N–H and O–H groups in total. The fourth-order valence-electron chi connectivity index (χ4n) is 3.10. The maximum atomic E-state index is 13.9. The molecule has 2 aromatic rings. The van der Waals surface area contributed by atoms with E-state index in [1.165, 1.54) is 11.6 Å². The van der Waals surface area contributed by atoms with Crippen molar-refractivity contribution in [3.05, 3.63) is 65.5 Å². The van der Waals surface area contributed by atoms with Gasteiger partial charge < -0.3 is 5.32 Å². The van der Waals surface area contributed by atoms with Crippen molar-refractivity contribution in [2.75, 3.05) is 5.32 Å². The van der Waals surface area contributed by atoms with Gasteiger partial charge in [-0.05, 0) is 42.0 Å². The lowest BCUT2D eigenvalue weighted by molar-refractivity contribution is 0.459. The number of halogens is 1. The van der Waals surface area contributed by atoms with Crippen LogP contribution in [0.4, 0.5) is 10.1 Å². The molecule has 2 aromatic carbocycles. The Morgan fingerprint density at radius 3 is 2.67 bits per heavy atom. The highest BCUT2D eigenvalue weighted by Crippen LogP contribution is 2.43. The van der Waals surface area contributed by atoms with Crippen molar-refractivity contribution in [2.45, 2.75) is 31.2 Å². The molecule has 0 saturated heterocycles. The van der Waals surface area contributed by atoms with E-state index in [0.717, 1.165) is 12.0 Å². The van der Waals surface area contributed by atoms with Crippen LogP contribution in [0.5, 0.6) is 0 Å². The molecule has 2 unspecified atom stereocenters. The van der Waals surface area contributed by atoms with Crippen LogP contribution in [0.2, 0.25) is 0 Å². The lowest BCUT2D eigenvalue weighted by Gasteiger charge is -2.37. The number of benzene rings is 2. The second-order valence-corrected chi connectivity index (χ2v) is 5.65. The molecule has 0 saturated carbocycles. The van der Waals surface area contributed by atoms with Crippen LogP contribution in [0, 0.1) is 17.1 Å². The number of anilines is 1. The normalized spacial score (nSPS) is 24.0. The van der Waals surface area contributed by atoms with Gasteiger partial charge in [0.1, 0.15) is 5.82 Å². The molecule has 106 valence electrons. The summed E-state index contributed by atoms with van der Waals surface area (Å²) in [6, 6.07) is 16.9. The Morgan fingerprint density at radius 2 is 1.90 bits per heavy atom. The second-order valence-electron chi connectivity index (χ2n) is 5.65. The minimum absolute atomic E-state index is 0.330. The zero-order valence-corrected chi connectivity index (χ0v) is 11.9. The molecule has 0 spiro atoms. The zero-order valence-electron chi connectivity index (χ0n) is 11.9. The quantitative estimate of drug-likeness (QED) is 0.875. The van der Waals surface area contributed by atoms with Gasteiger partial charge in [0.25, 0.3) is 0 Å². The molecule has 0 aromatic heterocycles. The van der Waals surface area contributed by atoms with Crippen LogP contribution in [-0.4, -0.2) is 0 Å². The van der Waals surface area contributed by atoms with E-state index in [9.17, 15) is 9.65 Å². The standard InChI is InChI=1S/C18H17FN2/c1-13-10-11-18(12-20,15-7-3-2-6-14(13)15)21-17-9-5-4-8-16(17)19/h2-9,13,21H,10-11H2,1H3. The molecule has 0 bridgehead atoms. The summed E-state index contributed by atoms with van der Waals surface area (Å²) in [6.45, 7) is 2.17. The van der Waals surface area contributed by atoms with Gasteiger partial charge in [-0.1, -0.05) is 43.3 Å². The number of hydrogen-bond donors (Lipinski definition) is 1. The van der Waals surface area contributed by atoms with Crippen molar-refractivity contribution < 1.29 is 4.39 Å². The molecule has 2 nitrogen and oxygen atoms in total. The number of nitriles is 1. The topological polar surface area (TPSA) is 35.8 Å². The molecule has 0 amide bonds. The average Bonchev–Trinajstić information content (AvgIpc) is 2.53.